The molecule has 2 heterocycles. The fourth-order valence-electron chi connectivity index (χ4n) is 4.96. The smallest absolute Gasteiger partial charge is 0.339 e. The molecule has 6 nitrogen and oxygen atoms in total. The molecular formula is C28H24ClFINO5S. The number of benzene rings is 2. The monoisotopic (exact) mass is 667 g/mol. The largest absolute Gasteiger partial charge is 0.422 e. The predicted octanol–water partition coefficient (Wildman–Crippen LogP) is 6.11. The van der Waals surface area contributed by atoms with E-state index in [1.54, 1.807) is 48.7 Å². The molecule has 0 atom stereocenters. The van der Waals surface area contributed by atoms with Crippen LogP contribution >= 0.6 is 34.2 Å². The van der Waals surface area contributed by atoms with E-state index in [4.69, 9.17) is 16.0 Å². The third-order valence-corrected chi connectivity index (χ3v) is 8.88. The van der Waals surface area contributed by atoms with Gasteiger partial charge in [0.25, 0.3) is 5.56 Å². The third kappa shape index (κ3) is 4.96. The van der Waals surface area contributed by atoms with E-state index in [1.807, 2.05) is 22.6 Å². The van der Waals surface area contributed by atoms with Crippen LogP contribution in [0.5, 0.6) is 0 Å². The zero-order chi connectivity index (χ0) is 27.5. The molecule has 0 amide bonds. The van der Waals surface area contributed by atoms with Gasteiger partial charge in [0.15, 0.2) is 15.4 Å². The van der Waals surface area contributed by atoms with Crippen LogP contribution in [-0.2, 0) is 22.0 Å². The molecule has 0 spiro atoms. The van der Waals surface area contributed by atoms with Crippen molar-refractivity contribution < 1.29 is 17.2 Å². The molecule has 0 aliphatic heterocycles. The van der Waals surface area contributed by atoms with Crippen LogP contribution in [0.25, 0.3) is 22.1 Å². The zero-order valence-electron chi connectivity index (χ0n) is 20.9. The van der Waals surface area contributed by atoms with Crippen LogP contribution < -0.4 is 11.2 Å². The van der Waals surface area contributed by atoms with Crippen LogP contribution in [-0.4, -0.2) is 19.2 Å². The summed E-state index contributed by atoms with van der Waals surface area (Å²) in [6, 6.07) is 9.85. The molecular weight excluding hydrogens is 644 g/mol. The van der Waals surface area contributed by atoms with E-state index in [2.05, 4.69) is 0 Å². The predicted molar refractivity (Wildman–Crippen MR) is 155 cm³/mol. The van der Waals surface area contributed by atoms with Crippen LogP contribution in [0.15, 0.2) is 50.4 Å². The van der Waals surface area contributed by atoms with E-state index in [1.165, 1.54) is 6.07 Å². The Hall–Kier alpha value is -2.50. The first-order chi connectivity index (χ1) is 17.9. The molecule has 10 heteroatoms. The molecule has 2 aromatic heterocycles. The standard InChI is InChI=1S/C28H24ClFINO5S/c1-14-21(11-16-7-8-18(31)12-22(16)30)24-26(37-28(14)34)23(15(2)32(27(24)33)19-9-10-19)20-6-4-5-17(25(20)29)13-38(3,35)36/h4-8,12,19H,9-11,13H2,1-3H3. The van der Waals surface area contributed by atoms with Crippen LogP contribution in [0.1, 0.15) is 46.8 Å². The summed E-state index contributed by atoms with van der Waals surface area (Å²) in [6.07, 6.45) is 2.80. The number of sulfone groups is 1. The number of nitrogens with zero attached hydrogens (tertiary/aromatic N) is 1. The highest BCUT2D eigenvalue weighted by Gasteiger charge is 2.32. The maximum Gasteiger partial charge on any atom is 0.339 e. The minimum Gasteiger partial charge on any atom is -0.422 e. The van der Waals surface area contributed by atoms with E-state index in [0.717, 1.165) is 22.7 Å². The van der Waals surface area contributed by atoms with Gasteiger partial charge >= 0.3 is 5.63 Å². The van der Waals surface area contributed by atoms with Crippen LogP contribution in [0.4, 0.5) is 4.39 Å². The number of pyridine rings is 1. The molecule has 1 fully saturated rings. The molecule has 0 radical (unpaired) electrons. The quantitative estimate of drug-likeness (QED) is 0.232. The number of hydrogen-bond donors (Lipinski definition) is 0. The van der Waals surface area contributed by atoms with Gasteiger partial charge < -0.3 is 8.98 Å². The molecule has 0 N–H and O–H groups in total. The molecule has 4 aromatic rings. The van der Waals surface area contributed by atoms with Gasteiger partial charge in [-0.15, -0.1) is 0 Å². The van der Waals surface area contributed by atoms with E-state index in [0.29, 0.717) is 33.5 Å². The Balaban J connectivity index is 1.88. The molecule has 0 saturated heterocycles. The van der Waals surface area contributed by atoms with Crippen molar-refractivity contribution in [3.63, 3.8) is 0 Å². The molecule has 0 unspecified atom stereocenters. The first-order valence-electron chi connectivity index (χ1n) is 12.0. The average Bonchev–Trinajstić information content (AvgIpc) is 3.65. The van der Waals surface area contributed by atoms with Gasteiger partial charge in [0.2, 0.25) is 0 Å². The van der Waals surface area contributed by atoms with Crippen molar-refractivity contribution in [3.05, 3.63) is 99.5 Å². The summed E-state index contributed by atoms with van der Waals surface area (Å²) in [5.74, 6) is -0.691. The van der Waals surface area contributed by atoms with Crippen molar-refractivity contribution in [2.75, 3.05) is 6.26 Å². The summed E-state index contributed by atoms with van der Waals surface area (Å²) in [4.78, 5) is 27.0. The second-order valence-corrected chi connectivity index (χ2v) is 13.6. The highest BCUT2D eigenvalue weighted by atomic mass is 127. The van der Waals surface area contributed by atoms with Crippen molar-refractivity contribution in [1.29, 1.82) is 0 Å². The van der Waals surface area contributed by atoms with Gasteiger partial charge in [0.05, 0.1) is 16.2 Å². The third-order valence-electron chi connectivity index (χ3n) is 6.93. The number of aromatic nitrogens is 1. The van der Waals surface area contributed by atoms with Crippen molar-refractivity contribution in [2.24, 2.45) is 0 Å². The lowest BCUT2D eigenvalue weighted by Crippen LogP contribution is -2.25. The number of hydrogen-bond acceptors (Lipinski definition) is 5. The second-order valence-electron chi connectivity index (χ2n) is 9.83. The van der Waals surface area contributed by atoms with Gasteiger partial charge in [-0.3, -0.25) is 4.79 Å². The summed E-state index contributed by atoms with van der Waals surface area (Å²) in [5, 5.41) is 0.411. The molecule has 38 heavy (non-hydrogen) atoms. The summed E-state index contributed by atoms with van der Waals surface area (Å²) in [6.45, 7) is 3.34. The molecule has 1 saturated carbocycles. The van der Waals surface area contributed by atoms with E-state index >= 15 is 0 Å². The zero-order valence-corrected chi connectivity index (χ0v) is 24.6. The topological polar surface area (TPSA) is 86.3 Å². The van der Waals surface area contributed by atoms with Crippen molar-refractivity contribution >= 4 is 55.0 Å². The average molecular weight is 668 g/mol. The Bertz CT molecular complexity index is 1860. The van der Waals surface area contributed by atoms with Gasteiger partial charge in [-0.2, -0.15) is 0 Å². The molecule has 1 aliphatic carbocycles. The summed E-state index contributed by atoms with van der Waals surface area (Å²) >= 11 is 8.79. The minimum atomic E-state index is -3.38. The normalized spacial score (nSPS) is 13.8. The number of fused-ring (bicyclic) bond motifs is 1. The SMILES string of the molecule is Cc1c(Cc2ccc(I)cc2F)c2c(=O)n(C3CC3)c(C)c(-c3cccc(CS(C)(=O)=O)c3Cl)c2oc1=O. The first kappa shape index (κ1) is 27.1. The Kier molecular flexibility index (Phi) is 7.06. The lowest BCUT2D eigenvalue weighted by atomic mass is 9.94. The van der Waals surface area contributed by atoms with E-state index in [9.17, 15) is 22.4 Å². The van der Waals surface area contributed by atoms with Crippen LogP contribution in [0.3, 0.4) is 0 Å². The van der Waals surface area contributed by atoms with Crippen molar-refractivity contribution in [1.82, 2.24) is 4.57 Å². The Morgan fingerprint density at radius 1 is 1.13 bits per heavy atom. The van der Waals surface area contributed by atoms with Crippen molar-refractivity contribution in [3.8, 4) is 11.1 Å². The van der Waals surface area contributed by atoms with Gasteiger partial charge in [-0.05, 0) is 78.1 Å². The van der Waals surface area contributed by atoms with Gasteiger partial charge in [0.1, 0.15) is 5.82 Å². The summed E-state index contributed by atoms with van der Waals surface area (Å²) < 4.78 is 47.1. The fourth-order valence-corrected chi connectivity index (χ4v) is 6.59. The fraction of sp³-hybridized carbons (Fsp3) is 0.286. The van der Waals surface area contributed by atoms with Gasteiger partial charge in [-0.25, -0.2) is 17.6 Å². The Morgan fingerprint density at radius 2 is 1.84 bits per heavy atom. The summed E-state index contributed by atoms with van der Waals surface area (Å²) in [5.41, 5.74) is 2.01. The van der Waals surface area contributed by atoms with E-state index < -0.39 is 21.3 Å². The highest BCUT2D eigenvalue weighted by Crippen LogP contribution is 2.42. The number of halogens is 3. The molecule has 0 bridgehead atoms. The maximum atomic E-state index is 14.9. The molecule has 1 aliphatic rings. The van der Waals surface area contributed by atoms with Gasteiger partial charge in [-0.1, -0.05) is 35.9 Å². The Morgan fingerprint density at radius 3 is 2.47 bits per heavy atom. The van der Waals surface area contributed by atoms with Gasteiger partial charge in [0, 0.05) is 44.7 Å². The maximum absolute atomic E-state index is 14.9. The van der Waals surface area contributed by atoms with Crippen molar-refractivity contribution in [2.45, 2.75) is 44.9 Å². The second kappa shape index (κ2) is 9.91. The molecule has 2 aromatic carbocycles. The van der Waals surface area contributed by atoms with Crippen LogP contribution in [0, 0.1) is 23.2 Å². The van der Waals surface area contributed by atoms with E-state index in [-0.39, 0.29) is 45.3 Å². The first-order valence-corrected chi connectivity index (χ1v) is 15.5. The lowest BCUT2D eigenvalue weighted by molar-refractivity contribution is 0.549. The summed E-state index contributed by atoms with van der Waals surface area (Å²) in [7, 11) is -3.38. The molecule has 5 rings (SSSR count). The van der Waals surface area contributed by atoms with Crippen LogP contribution in [0.2, 0.25) is 5.02 Å². The minimum absolute atomic E-state index is 0.0150. The molecule has 198 valence electrons. The Labute approximate surface area is 237 Å². The lowest BCUT2D eigenvalue weighted by Gasteiger charge is -2.20. The number of rotatable bonds is 6. The highest BCUT2D eigenvalue weighted by molar-refractivity contribution is 14.1.